The van der Waals surface area contributed by atoms with E-state index in [1.807, 2.05) is 43.3 Å². The van der Waals surface area contributed by atoms with E-state index in [-0.39, 0.29) is 6.04 Å². The lowest BCUT2D eigenvalue weighted by molar-refractivity contribution is 0.0602. The molecule has 0 saturated carbocycles. The first-order chi connectivity index (χ1) is 12.7. The highest BCUT2D eigenvalue weighted by Crippen LogP contribution is 2.21. The Balaban J connectivity index is 1.77. The highest BCUT2D eigenvalue weighted by Gasteiger charge is 2.12. The fraction of sp³-hybridized carbons (Fsp3) is 0.158. The first-order valence-corrected chi connectivity index (χ1v) is 8.13. The molecule has 2 N–H and O–H groups in total. The SMILES string of the molecule is COC(=O)c1ccccc1Nc1cnnc(NC(C)c2ccccc2)n1. The van der Waals surface area contributed by atoms with Crippen LogP contribution in [0, 0.1) is 0 Å². The van der Waals surface area contributed by atoms with E-state index in [2.05, 4.69) is 25.8 Å². The number of hydrogen-bond donors (Lipinski definition) is 2. The second-order valence-electron chi connectivity index (χ2n) is 5.60. The number of nitrogens with one attached hydrogen (secondary N) is 2. The van der Waals surface area contributed by atoms with Crippen LogP contribution in [-0.2, 0) is 4.74 Å². The number of nitrogens with zero attached hydrogens (tertiary/aromatic N) is 3. The number of hydrogen-bond acceptors (Lipinski definition) is 7. The van der Waals surface area contributed by atoms with Crippen molar-refractivity contribution in [2.75, 3.05) is 17.7 Å². The van der Waals surface area contributed by atoms with Gasteiger partial charge in [0.05, 0.1) is 30.6 Å². The van der Waals surface area contributed by atoms with Crippen molar-refractivity contribution in [3.05, 3.63) is 71.9 Å². The van der Waals surface area contributed by atoms with Crippen LogP contribution in [0.2, 0.25) is 0 Å². The van der Waals surface area contributed by atoms with E-state index in [0.717, 1.165) is 5.56 Å². The summed E-state index contributed by atoms with van der Waals surface area (Å²) in [6.07, 6.45) is 1.49. The number of aromatic nitrogens is 3. The van der Waals surface area contributed by atoms with Gasteiger partial charge in [0.1, 0.15) is 0 Å². The standard InChI is InChI=1S/C19H19N5O2/c1-13(14-8-4-3-5-9-14)21-19-23-17(12-20-24-19)22-16-11-7-6-10-15(16)18(25)26-2/h3-13H,1-2H3,(H2,21,22,23,24). The van der Waals surface area contributed by atoms with Crippen molar-refractivity contribution in [2.24, 2.45) is 0 Å². The van der Waals surface area contributed by atoms with Crippen LogP contribution < -0.4 is 10.6 Å². The number of rotatable bonds is 6. The van der Waals surface area contributed by atoms with Crippen molar-refractivity contribution < 1.29 is 9.53 Å². The van der Waals surface area contributed by atoms with Crippen LogP contribution in [0.1, 0.15) is 28.9 Å². The summed E-state index contributed by atoms with van der Waals surface area (Å²) in [5.41, 5.74) is 2.12. The lowest BCUT2D eigenvalue weighted by atomic mass is 10.1. The van der Waals surface area contributed by atoms with Crippen molar-refractivity contribution in [1.29, 1.82) is 0 Å². The maximum absolute atomic E-state index is 11.9. The van der Waals surface area contributed by atoms with Crippen molar-refractivity contribution in [3.8, 4) is 0 Å². The molecule has 0 amide bonds. The predicted octanol–water partition coefficient (Wildman–Crippen LogP) is 3.57. The molecule has 0 saturated heterocycles. The van der Waals surface area contributed by atoms with Gasteiger partial charge >= 0.3 is 5.97 Å². The molecule has 0 bridgehead atoms. The molecule has 7 nitrogen and oxygen atoms in total. The number of esters is 1. The third-order valence-corrected chi connectivity index (χ3v) is 3.80. The summed E-state index contributed by atoms with van der Waals surface area (Å²) < 4.78 is 4.80. The Hall–Kier alpha value is -3.48. The van der Waals surface area contributed by atoms with Crippen LogP contribution in [-0.4, -0.2) is 28.3 Å². The van der Waals surface area contributed by atoms with Crippen LogP contribution in [0.4, 0.5) is 17.5 Å². The van der Waals surface area contributed by atoms with E-state index in [4.69, 9.17) is 4.74 Å². The Morgan fingerprint density at radius 1 is 1.08 bits per heavy atom. The zero-order valence-electron chi connectivity index (χ0n) is 14.5. The number of methoxy groups -OCH3 is 1. The molecular weight excluding hydrogens is 330 g/mol. The second kappa shape index (κ2) is 8.06. The molecule has 1 heterocycles. The largest absolute Gasteiger partial charge is 0.465 e. The topological polar surface area (TPSA) is 89.0 Å². The lowest BCUT2D eigenvalue weighted by Crippen LogP contribution is -2.11. The molecule has 1 atom stereocenters. The molecule has 1 unspecified atom stereocenters. The van der Waals surface area contributed by atoms with Crippen LogP contribution in [0.3, 0.4) is 0 Å². The van der Waals surface area contributed by atoms with Gasteiger partial charge in [-0.25, -0.2) is 4.79 Å². The number of carbonyl (C=O) groups excluding carboxylic acids is 1. The molecule has 3 aromatic rings. The molecule has 0 aliphatic carbocycles. The number of para-hydroxylation sites is 1. The average Bonchev–Trinajstić information content (AvgIpc) is 2.69. The molecule has 0 aliphatic heterocycles. The minimum absolute atomic E-state index is 0.0237. The van der Waals surface area contributed by atoms with Gasteiger partial charge in [0, 0.05) is 0 Å². The lowest BCUT2D eigenvalue weighted by Gasteiger charge is -2.14. The highest BCUT2D eigenvalue weighted by molar-refractivity contribution is 5.96. The Morgan fingerprint density at radius 3 is 2.58 bits per heavy atom. The Morgan fingerprint density at radius 2 is 1.81 bits per heavy atom. The van der Waals surface area contributed by atoms with Gasteiger partial charge in [0.2, 0.25) is 5.95 Å². The van der Waals surface area contributed by atoms with E-state index in [0.29, 0.717) is 23.0 Å². The van der Waals surface area contributed by atoms with E-state index in [1.165, 1.54) is 13.3 Å². The van der Waals surface area contributed by atoms with Crippen LogP contribution in [0.5, 0.6) is 0 Å². The van der Waals surface area contributed by atoms with Gasteiger partial charge in [-0.1, -0.05) is 42.5 Å². The van der Waals surface area contributed by atoms with E-state index in [1.54, 1.807) is 18.2 Å². The maximum atomic E-state index is 11.9. The van der Waals surface area contributed by atoms with Gasteiger partial charge < -0.3 is 15.4 Å². The van der Waals surface area contributed by atoms with Gasteiger partial charge in [0.15, 0.2) is 5.82 Å². The summed E-state index contributed by atoms with van der Waals surface area (Å²) in [6, 6.07) is 17.0. The van der Waals surface area contributed by atoms with E-state index in [9.17, 15) is 4.79 Å². The summed E-state index contributed by atoms with van der Waals surface area (Å²) >= 11 is 0. The Bertz CT molecular complexity index is 886. The third-order valence-electron chi connectivity index (χ3n) is 3.80. The van der Waals surface area contributed by atoms with Gasteiger partial charge in [-0.05, 0) is 24.6 Å². The molecule has 132 valence electrons. The van der Waals surface area contributed by atoms with Crippen molar-refractivity contribution in [3.63, 3.8) is 0 Å². The summed E-state index contributed by atoms with van der Waals surface area (Å²) in [4.78, 5) is 16.3. The fourth-order valence-corrected chi connectivity index (χ4v) is 2.46. The summed E-state index contributed by atoms with van der Waals surface area (Å²) in [6.45, 7) is 2.02. The predicted molar refractivity (Wildman–Crippen MR) is 99.4 cm³/mol. The Labute approximate surface area is 151 Å². The number of benzene rings is 2. The third kappa shape index (κ3) is 4.13. The fourth-order valence-electron chi connectivity index (χ4n) is 2.46. The molecule has 0 spiro atoms. The van der Waals surface area contributed by atoms with Gasteiger partial charge in [-0.3, -0.25) is 0 Å². The molecule has 0 aliphatic rings. The zero-order valence-corrected chi connectivity index (χ0v) is 14.5. The number of anilines is 3. The molecule has 1 aromatic heterocycles. The summed E-state index contributed by atoms with van der Waals surface area (Å²) in [5.74, 6) is 0.437. The van der Waals surface area contributed by atoms with E-state index < -0.39 is 5.97 Å². The first kappa shape index (κ1) is 17.3. The summed E-state index contributed by atoms with van der Waals surface area (Å²) in [7, 11) is 1.35. The van der Waals surface area contributed by atoms with Crippen molar-refractivity contribution in [1.82, 2.24) is 15.2 Å². The number of ether oxygens (including phenoxy) is 1. The summed E-state index contributed by atoms with van der Waals surface area (Å²) in [5, 5.41) is 14.3. The Kier molecular flexibility index (Phi) is 5.38. The van der Waals surface area contributed by atoms with Gasteiger partial charge in [-0.2, -0.15) is 10.1 Å². The number of carbonyl (C=O) groups is 1. The normalized spacial score (nSPS) is 11.5. The van der Waals surface area contributed by atoms with Crippen LogP contribution in [0.25, 0.3) is 0 Å². The molecule has 2 aromatic carbocycles. The molecule has 7 heteroatoms. The minimum Gasteiger partial charge on any atom is -0.465 e. The molecule has 0 fully saturated rings. The zero-order chi connectivity index (χ0) is 18.4. The highest BCUT2D eigenvalue weighted by atomic mass is 16.5. The molecule has 26 heavy (non-hydrogen) atoms. The van der Waals surface area contributed by atoms with Crippen molar-refractivity contribution >= 4 is 23.4 Å². The molecule has 3 rings (SSSR count). The van der Waals surface area contributed by atoms with Gasteiger partial charge in [-0.15, -0.1) is 5.10 Å². The monoisotopic (exact) mass is 349 g/mol. The smallest absolute Gasteiger partial charge is 0.339 e. The minimum atomic E-state index is -0.425. The molecule has 0 radical (unpaired) electrons. The van der Waals surface area contributed by atoms with Crippen molar-refractivity contribution in [2.45, 2.75) is 13.0 Å². The van der Waals surface area contributed by atoms with Gasteiger partial charge in [0.25, 0.3) is 0 Å². The quantitative estimate of drug-likeness (QED) is 0.658. The maximum Gasteiger partial charge on any atom is 0.339 e. The van der Waals surface area contributed by atoms with Crippen LogP contribution in [0.15, 0.2) is 60.8 Å². The van der Waals surface area contributed by atoms with Crippen LogP contribution >= 0.6 is 0 Å². The molecular formula is C19H19N5O2. The first-order valence-electron chi connectivity index (χ1n) is 8.13. The average molecular weight is 349 g/mol. The van der Waals surface area contributed by atoms with E-state index >= 15 is 0 Å². The second-order valence-corrected chi connectivity index (χ2v) is 5.60.